The van der Waals surface area contributed by atoms with E-state index in [1.165, 1.54) is 0 Å². The topological polar surface area (TPSA) is 84.2 Å². The number of amides is 2. The van der Waals surface area contributed by atoms with Gasteiger partial charge in [0, 0.05) is 17.6 Å². The van der Waals surface area contributed by atoms with E-state index < -0.39 is 5.91 Å². The Hall–Kier alpha value is -1.88. The van der Waals surface area contributed by atoms with Crippen molar-refractivity contribution >= 4 is 11.8 Å². The highest BCUT2D eigenvalue weighted by Gasteiger charge is 2.11. The summed E-state index contributed by atoms with van der Waals surface area (Å²) in [5.74, 6) is -0.554. The predicted molar refractivity (Wildman–Crippen MR) is 74.6 cm³/mol. The van der Waals surface area contributed by atoms with Crippen molar-refractivity contribution in [3.63, 3.8) is 0 Å². The van der Waals surface area contributed by atoms with Gasteiger partial charge in [-0.1, -0.05) is 12.1 Å². The Morgan fingerprint density at radius 2 is 1.95 bits per heavy atom. The molecule has 19 heavy (non-hydrogen) atoms. The second-order valence-corrected chi connectivity index (χ2v) is 5.44. The lowest BCUT2D eigenvalue weighted by Gasteiger charge is -2.20. The molecule has 0 aromatic heterocycles. The van der Waals surface area contributed by atoms with E-state index in [4.69, 9.17) is 5.73 Å². The maximum Gasteiger partial charge on any atom is 0.248 e. The molecular weight excluding hydrogens is 242 g/mol. The van der Waals surface area contributed by atoms with Gasteiger partial charge in [-0.2, -0.15) is 0 Å². The number of nitrogens with two attached hydrogens (primary N) is 1. The van der Waals surface area contributed by atoms with Crippen LogP contribution < -0.4 is 16.4 Å². The van der Waals surface area contributed by atoms with Crippen molar-refractivity contribution in [2.75, 3.05) is 6.54 Å². The van der Waals surface area contributed by atoms with Gasteiger partial charge < -0.3 is 16.4 Å². The summed E-state index contributed by atoms with van der Waals surface area (Å²) >= 11 is 0. The number of hydrogen-bond donors (Lipinski definition) is 3. The minimum atomic E-state index is -0.470. The van der Waals surface area contributed by atoms with Crippen LogP contribution in [0.2, 0.25) is 0 Å². The van der Waals surface area contributed by atoms with Crippen LogP contribution in [0.3, 0.4) is 0 Å². The summed E-state index contributed by atoms with van der Waals surface area (Å²) in [7, 11) is 0. The Morgan fingerprint density at radius 1 is 1.26 bits per heavy atom. The van der Waals surface area contributed by atoms with Crippen LogP contribution in [0.4, 0.5) is 0 Å². The smallest absolute Gasteiger partial charge is 0.248 e. The Labute approximate surface area is 113 Å². The molecular formula is C14H21N3O2. The highest BCUT2D eigenvalue weighted by Crippen LogP contribution is 2.04. The first-order chi connectivity index (χ1) is 8.78. The third kappa shape index (κ3) is 6.01. The van der Waals surface area contributed by atoms with Gasteiger partial charge in [0.25, 0.3) is 0 Å². The summed E-state index contributed by atoms with van der Waals surface area (Å²) in [4.78, 5) is 22.6. The molecule has 0 aliphatic carbocycles. The Balaban J connectivity index is 2.46. The summed E-state index contributed by atoms with van der Waals surface area (Å²) in [6.07, 6.45) is 0. The first-order valence-corrected chi connectivity index (χ1v) is 6.18. The van der Waals surface area contributed by atoms with Gasteiger partial charge in [0.1, 0.15) is 0 Å². The summed E-state index contributed by atoms with van der Waals surface area (Å²) in [5.41, 5.74) is 6.40. The molecule has 0 atom stereocenters. The Bertz CT molecular complexity index is 464. The molecule has 4 N–H and O–H groups in total. The normalized spacial score (nSPS) is 11.1. The van der Waals surface area contributed by atoms with Crippen molar-refractivity contribution in [2.24, 2.45) is 5.73 Å². The number of primary amides is 1. The lowest BCUT2D eigenvalue weighted by atomic mass is 10.1. The van der Waals surface area contributed by atoms with Crippen LogP contribution in [-0.4, -0.2) is 23.9 Å². The average molecular weight is 263 g/mol. The zero-order chi connectivity index (χ0) is 14.5. The maximum atomic E-state index is 11.6. The largest absolute Gasteiger partial charge is 0.366 e. The van der Waals surface area contributed by atoms with Crippen molar-refractivity contribution < 1.29 is 9.59 Å². The fourth-order valence-corrected chi connectivity index (χ4v) is 1.44. The summed E-state index contributed by atoms with van der Waals surface area (Å²) in [6, 6.07) is 6.91. The van der Waals surface area contributed by atoms with Gasteiger partial charge in [-0.3, -0.25) is 9.59 Å². The van der Waals surface area contributed by atoms with Crippen LogP contribution in [0, 0.1) is 0 Å². The van der Waals surface area contributed by atoms with Gasteiger partial charge in [-0.05, 0) is 38.5 Å². The van der Waals surface area contributed by atoms with Crippen molar-refractivity contribution in [3.05, 3.63) is 35.4 Å². The number of carbonyl (C=O) groups is 2. The fraction of sp³-hybridized carbons (Fsp3) is 0.429. The molecule has 5 heteroatoms. The van der Waals surface area contributed by atoms with Crippen LogP contribution in [0.15, 0.2) is 24.3 Å². The van der Waals surface area contributed by atoms with Gasteiger partial charge in [0.2, 0.25) is 11.8 Å². The Morgan fingerprint density at radius 3 is 2.53 bits per heavy atom. The van der Waals surface area contributed by atoms with Crippen LogP contribution in [0.1, 0.15) is 36.7 Å². The molecule has 1 aromatic carbocycles. The van der Waals surface area contributed by atoms with Crippen molar-refractivity contribution in [1.82, 2.24) is 10.6 Å². The molecule has 0 spiro atoms. The SMILES string of the molecule is CC(C)(C)NCC(=O)NCc1cccc(C(N)=O)c1. The van der Waals surface area contributed by atoms with Gasteiger partial charge >= 0.3 is 0 Å². The zero-order valence-corrected chi connectivity index (χ0v) is 11.6. The lowest BCUT2D eigenvalue weighted by molar-refractivity contribution is -0.120. The summed E-state index contributed by atoms with van der Waals surface area (Å²) in [6.45, 7) is 6.63. The fourth-order valence-electron chi connectivity index (χ4n) is 1.44. The molecule has 1 rings (SSSR count). The van der Waals surface area contributed by atoms with E-state index in [-0.39, 0.29) is 18.0 Å². The van der Waals surface area contributed by atoms with Gasteiger partial charge in [-0.15, -0.1) is 0 Å². The molecule has 0 aliphatic rings. The minimum absolute atomic E-state index is 0.0839. The van der Waals surface area contributed by atoms with Gasteiger partial charge in [0.15, 0.2) is 0 Å². The van der Waals surface area contributed by atoms with Crippen molar-refractivity contribution in [3.8, 4) is 0 Å². The molecule has 0 saturated carbocycles. The van der Waals surface area contributed by atoms with Gasteiger partial charge in [0.05, 0.1) is 6.54 Å². The minimum Gasteiger partial charge on any atom is -0.366 e. The van der Waals surface area contributed by atoms with Crippen LogP contribution in [0.5, 0.6) is 0 Å². The molecule has 0 heterocycles. The number of carbonyl (C=O) groups excluding carboxylic acids is 2. The first-order valence-electron chi connectivity index (χ1n) is 6.18. The Kier molecular flexibility index (Phi) is 5.06. The maximum absolute atomic E-state index is 11.6. The quantitative estimate of drug-likeness (QED) is 0.734. The number of hydrogen-bond acceptors (Lipinski definition) is 3. The third-order valence-electron chi connectivity index (χ3n) is 2.48. The molecule has 0 aliphatic heterocycles. The van der Waals surface area contributed by atoms with E-state index in [1.807, 2.05) is 26.8 Å². The summed E-state index contributed by atoms with van der Waals surface area (Å²) in [5, 5.41) is 5.89. The van der Waals surface area contributed by atoms with Crippen LogP contribution in [0.25, 0.3) is 0 Å². The molecule has 0 unspecified atom stereocenters. The van der Waals surface area contributed by atoms with E-state index in [0.717, 1.165) is 5.56 Å². The van der Waals surface area contributed by atoms with Crippen LogP contribution >= 0.6 is 0 Å². The molecule has 2 amide bonds. The van der Waals surface area contributed by atoms with E-state index in [2.05, 4.69) is 10.6 Å². The number of benzene rings is 1. The second-order valence-electron chi connectivity index (χ2n) is 5.44. The standard InChI is InChI=1S/C14H21N3O2/c1-14(2,3)17-9-12(18)16-8-10-5-4-6-11(7-10)13(15)19/h4-7,17H,8-9H2,1-3H3,(H2,15,19)(H,16,18). The highest BCUT2D eigenvalue weighted by molar-refractivity contribution is 5.92. The molecule has 0 saturated heterocycles. The summed E-state index contributed by atoms with van der Waals surface area (Å²) < 4.78 is 0. The molecule has 1 aromatic rings. The number of rotatable bonds is 5. The monoisotopic (exact) mass is 263 g/mol. The molecule has 0 fully saturated rings. The van der Waals surface area contributed by atoms with Crippen molar-refractivity contribution in [2.45, 2.75) is 32.9 Å². The zero-order valence-electron chi connectivity index (χ0n) is 11.6. The molecule has 0 radical (unpaired) electrons. The highest BCUT2D eigenvalue weighted by atomic mass is 16.2. The second kappa shape index (κ2) is 6.33. The lowest BCUT2D eigenvalue weighted by Crippen LogP contribution is -2.43. The predicted octanol–water partition coefficient (Wildman–Crippen LogP) is 0.790. The molecule has 5 nitrogen and oxygen atoms in total. The van der Waals surface area contributed by atoms with E-state index in [9.17, 15) is 9.59 Å². The van der Waals surface area contributed by atoms with E-state index >= 15 is 0 Å². The van der Waals surface area contributed by atoms with Gasteiger partial charge in [-0.25, -0.2) is 0 Å². The van der Waals surface area contributed by atoms with E-state index in [1.54, 1.807) is 18.2 Å². The van der Waals surface area contributed by atoms with Crippen molar-refractivity contribution in [1.29, 1.82) is 0 Å². The van der Waals surface area contributed by atoms with E-state index in [0.29, 0.717) is 12.1 Å². The third-order valence-corrected chi connectivity index (χ3v) is 2.48. The number of nitrogens with one attached hydrogen (secondary N) is 2. The molecule has 0 bridgehead atoms. The average Bonchev–Trinajstić information content (AvgIpc) is 2.33. The van der Waals surface area contributed by atoms with Crippen LogP contribution in [-0.2, 0) is 11.3 Å². The molecule has 104 valence electrons. The first kappa shape index (κ1) is 15.2.